The van der Waals surface area contributed by atoms with Crippen molar-refractivity contribution in [3.8, 4) is 44.5 Å². The van der Waals surface area contributed by atoms with E-state index < -0.39 is 0 Å². The van der Waals surface area contributed by atoms with Gasteiger partial charge in [0.1, 0.15) is 0 Å². The fourth-order valence-electron chi connectivity index (χ4n) is 8.36. The lowest BCUT2D eigenvalue weighted by atomic mass is 9.92. The van der Waals surface area contributed by atoms with Gasteiger partial charge < -0.3 is 4.90 Å². The van der Waals surface area contributed by atoms with E-state index in [-0.39, 0.29) is 0 Å². The van der Waals surface area contributed by atoms with Crippen molar-refractivity contribution in [3.05, 3.63) is 212 Å². The molecule has 0 spiro atoms. The van der Waals surface area contributed by atoms with Crippen molar-refractivity contribution < 1.29 is 0 Å². The Kier molecular flexibility index (Phi) is 8.28. The van der Waals surface area contributed by atoms with Crippen LogP contribution in [0.2, 0.25) is 0 Å². The van der Waals surface area contributed by atoms with Gasteiger partial charge in [-0.25, -0.2) is 0 Å². The highest BCUT2D eigenvalue weighted by atomic mass is 32.1. The van der Waals surface area contributed by atoms with Crippen molar-refractivity contribution >= 4 is 80.1 Å². The number of hydrogen-bond donors (Lipinski definition) is 0. The van der Waals surface area contributed by atoms with Crippen LogP contribution in [0.1, 0.15) is 0 Å². The lowest BCUT2D eigenvalue weighted by molar-refractivity contribution is 1.28. The number of fused-ring (bicyclic) bond motifs is 6. The number of anilines is 3. The van der Waals surface area contributed by atoms with Crippen molar-refractivity contribution in [1.29, 1.82) is 0 Å². The number of benzene rings is 9. The molecule has 0 atom stereocenters. The molecule has 0 unspecified atom stereocenters. The summed E-state index contributed by atoms with van der Waals surface area (Å²) in [4.78, 5) is 2.37. The maximum absolute atomic E-state index is 2.37. The molecule has 0 saturated carbocycles. The van der Waals surface area contributed by atoms with Crippen molar-refractivity contribution in [2.24, 2.45) is 0 Å². The monoisotopic (exact) mass is 761 g/mol. The molecule has 268 valence electrons. The first kappa shape index (κ1) is 33.5. The predicted molar refractivity (Wildman–Crippen MR) is 249 cm³/mol. The molecular weight excluding hydrogens is 727 g/mol. The standard InChI is InChI=1S/C54H35NS2/c1-3-12-36(13-4-1)37-22-28-41(29-23-37)55(43-32-26-39(27-33-43)45-18-11-19-48-46-16-7-9-20-50(46)56-53(45)48)42-30-24-38(25-31-42)44-34-35-49-47-17-8-10-21-51(47)57-54(49)52(44)40-14-5-2-6-15-40/h1-35H. The number of thiophene rings is 2. The molecule has 0 saturated heterocycles. The molecule has 0 radical (unpaired) electrons. The molecule has 0 aliphatic carbocycles. The summed E-state index contributed by atoms with van der Waals surface area (Å²) in [6.45, 7) is 0. The molecule has 57 heavy (non-hydrogen) atoms. The summed E-state index contributed by atoms with van der Waals surface area (Å²) in [5, 5.41) is 5.27. The third-order valence-electron chi connectivity index (χ3n) is 11.1. The molecule has 2 heterocycles. The van der Waals surface area contributed by atoms with E-state index in [1.165, 1.54) is 84.9 Å². The topological polar surface area (TPSA) is 3.24 Å². The van der Waals surface area contributed by atoms with Crippen LogP contribution < -0.4 is 4.90 Å². The van der Waals surface area contributed by atoms with Gasteiger partial charge in [0.05, 0.1) is 0 Å². The second kappa shape index (κ2) is 14.1. The van der Waals surface area contributed by atoms with Crippen LogP contribution in [0.3, 0.4) is 0 Å². The molecule has 1 nitrogen and oxygen atoms in total. The zero-order chi connectivity index (χ0) is 37.7. The van der Waals surface area contributed by atoms with Crippen LogP contribution in [0.15, 0.2) is 212 Å². The van der Waals surface area contributed by atoms with Gasteiger partial charge in [0, 0.05) is 63.0 Å². The Morgan fingerprint density at radius 1 is 0.263 bits per heavy atom. The van der Waals surface area contributed by atoms with Gasteiger partial charge in [-0.1, -0.05) is 164 Å². The van der Waals surface area contributed by atoms with Crippen molar-refractivity contribution in [1.82, 2.24) is 0 Å². The van der Waals surface area contributed by atoms with Crippen LogP contribution in [0.4, 0.5) is 17.1 Å². The van der Waals surface area contributed by atoms with Gasteiger partial charge in [-0.05, 0) is 87.5 Å². The molecule has 0 aliphatic heterocycles. The minimum Gasteiger partial charge on any atom is -0.311 e. The number of rotatable bonds is 7. The van der Waals surface area contributed by atoms with Gasteiger partial charge in [-0.15, -0.1) is 22.7 Å². The third-order valence-corrected chi connectivity index (χ3v) is 13.5. The summed E-state index contributed by atoms with van der Waals surface area (Å²) in [5.41, 5.74) is 13.2. The molecule has 11 rings (SSSR count). The average Bonchev–Trinajstić information content (AvgIpc) is 3.86. The van der Waals surface area contributed by atoms with Gasteiger partial charge in [0.15, 0.2) is 0 Å². The number of hydrogen-bond acceptors (Lipinski definition) is 3. The van der Waals surface area contributed by atoms with E-state index in [1.807, 2.05) is 22.7 Å². The SMILES string of the molecule is c1ccc(-c2ccc(N(c3ccc(-c4ccc5c(sc6ccccc65)c4-c4ccccc4)cc3)c3ccc(-c4cccc5c4sc4ccccc45)cc3)cc2)cc1. The molecule has 9 aromatic carbocycles. The summed E-state index contributed by atoms with van der Waals surface area (Å²) in [7, 11) is 0. The van der Waals surface area contributed by atoms with Crippen LogP contribution >= 0.6 is 22.7 Å². The Bertz CT molecular complexity index is 3200. The highest BCUT2D eigenvalue weighted by Crippen LogP contribution is 2.46. The van der Waals surface area contributed by atoms with Crippen molar-refractivity contribution in [2.45, 2.75) is 0 Å². The molecular formula is C54H35NS2. The first-order valence-corrected chi connectivity index (χ1v) is 21.0. The fourth-order valence-corrected chi connectivity index (χ4v) is 10.9. The maximum Gasteiger partial charge on any atom is 0.0462 e. The van der Waals surface area contributed by atoms with E-state index in [9.17, 15) is 0 Å². The Labute approximate surface area is 340 Å². The quantitative estimate of drug-likeness (QED) is 0.156. The Hall–Kier alpha value is -6.78. The third kappa shape index (κ3) is 5.91. The van der Waals surface area contributed by atoms with Crippen molar-refractivity contribution in [2.75, 3.05) is 4.90 Å². The van der Waals surface area contributed by atoms with Crippen LogP contribution in [-0.4, -0.2) is 0 Å². The minimum atomic E-state index is 1.11. The smallest absolute Gasteiger partial charge is 0.0462 e. The lowest BCUT2D eigenvalue weighted by Crippen LogP contribution is -2.09. The molecule has 2 aromatic heterocycles. The molecule has 0 N–H and O–H groups in total. The Morgan fingerprint density at radius 2 is 0.702 bits per heavy atom. The zero-order valence-electron chi connectivity index (χ0n) is 31.0. The van der Waals surface area contributed by atoms with Gasteiger partial charge >= 0.3 is 0 Å². The van der Waals surface area contributed by atoms with Crippen molar-refractivity contribution in [3.63, 3.8) is 0 Å². The first-order chi connectivity index (χ1) is 28.3. The van der Waals surface area contributed by atoms with E-state index in [4.69, 9.17) is 0 Å². The normalized spacial score (nSPS) is 11.5. The Balaban J connectivity index is 1.02. The molecule has 0 amide bonds. The summed E-state index contributed by atoms with van der Waals surface area (Å²) >= 11 is 3.76. The second-order valence-corrected chi connectivity index (χ2v) is 16.6. The Morgan fingerprint density at radius 3 is 1.30 bits per heavy atom. The summed E-state index contributed by atoms with van der Waals surface area (Å²) in [6, 6.07) is 77.4. The van der Waals surface area contributed by atoms with E-state index in [0.29, 0.717) is 0 Å². The van der Waals surface area contributed by atoms with Crippen LogP contribution in [0.25, 0.3) is 84.9 Å². The van der Waals surface area contributed by atoms with Gasteiger partial charge in [-0.3, -0.25) is 0 Å². The van der Waals surface area contributed by atoms with Crippen LogP contribution in [-0.2, 0) is 0 Å². The molecule has 0 bridgehead atoms. The van der Waals surface area contributed by atoms with Gasteiger partial charge in [0.25, 0.3) is 0 Å². The summed E-state index contributed by atoms with van der Waals surface area (Å²) in [5.74, 6) is 0. The molecule has 0 aliphatic rings. The lowest BCUT2D eigenvalue weighted by Gasteiger charge is -2.26. The highest BCUT2D eigenvalue weighted by molar-refractivity contribution is 7.26. The highest BCUT2D eigenvalue weighted by Gasteiger charge is 2.18. The van der Waals surface area contributed by atoms with Crippen LogP contribution in [0.5, 0.6) is 0 Å². The zero-order valence-corrected chi connectivity index (χ0v) is 32.6. The maximum atomic E-state index is 2.37. The summed E-state index contributed by atoms with van der Waals surface area (Å²) in [6.07, 6.45) is 0. The minimum absolute atomic E-state index is 1.11. The first-order valence-electron chi connectivity index (χ1n) is 19.3. The average molecular weight is 762 g/mol. The molecule has 0 fully saturated rings. The van der Waals surface area contributed by atoms with E-state index in [1.54, 1.807) is 0 Å². The van der Waals surface area contributed by atoms with Gasteiger partial charge in [0.2, 0.25) is 0 Å². The van der Waals surface area contributed by atoms with E-state index in [2.05, 4.69) is 217 Å². The molecule has 3 heteroatoms. The van der Waals surface area contributed by atoms with E-state index in [0.717, 1.165) is 17.1 Å². The largest absolute Gasteiger partial charge is 0.311 e. The van der Waals surface area contributed by atoms with Gasteiger partial charge in [-0.2, -0.15) is 0 Å². The molecule has 11 aromatic rings. The predicted octanol–water partition coefficient (Wildman–Crippen LogP) is 16.6. The van der Waals surface area contributed by atoms with Crippen LogP contribution in [0, 0.1) is 0 Å². The number of nitrogens with zero attached hydrogens (tertiary/aromatic N) is 1. The fraction of sp³-hybridized carbons (Fsp3) is 0. The second-order valence-electron chi connectivity index (χ2n) is 14.5. The van der Waals surface area contributed by atoms with E-state index >= 15 is 0 Å². The summed E-state index contributed by atoms with van der Waals surface area (Å²) < 4.78 is 5.30.